The van der Waals surface area contributed by atoms with Crippen LogP contribution in [0.5, 0.6) is 0 Å². The number of nitrogens with one attached hydrogen (secondary N) is 1. The molecule has 0 aromatic carbocycles. The Hall–Kier alpha value is -0.880. The van der Waals surface area contributed by atoms with Gasteiger partial charge in [-0.25, -0.2) is 4.98 Å². The third-order valence-electron chi connectivity index (χ3n) is 3.61. The number of rotatable bonds is 6. The molecule has 0 aliphatic carbocycles. The van der Waals surface area contributed by atoms with Gasteiger partial charge in [-0.15, -0.1) is 0 Å². The smallest absolute Gasteiger partial charge is 0.224 e. The molecule has 5 nitrogen and oxygen atoms in total. The maximum atomic E-state index is 9.11. The van der Waals surface area contributed by atoms with Crippen LogP contribution in [0.25, 0.3) is 0 Å². The van der Waals surface area contributed by atoms with Crippen molar-refractivity contribution in [2.24, 2.45) is 5.92 Å². The molecule has 1 aromatic rings. The highest BCUT2D eigenvalue weighted by molar-refractivity contribution is 9.10. The molecule has 1 aliphatic rings. The first kappa shape index (κ1) is 15.5. The number of halogens is 1. The third kappa shape index (κ3) is 4.06. The maximum absolute atomic E-state index is 9.11. The standard InChI is InChI=1S/C14H23BrN4O/c1-2-6-16-14-17-9-12(15)13(18-14)19-7-3-4-11(10-19)5-8-20/h9,11,20H,2-8,10H2,1H3,(H,16,17,18). The lowest BCUT2D eigenvalue weighted by atomic mass is 9.95. The van der Waals surface area contributed by atoms with Crippen LogP contribution in [0, 0.1) is 5.92 Å². The van der Waals surface area contributed by atoms with Crippen LogP contribution in [0.15, 0.2) is 10.7 Å². The molecule has 20 heavy (non-hydrogen) atoms. The van der Waals surface area contributed by atoms with Crippen molar-refractivity contribution in [3.8, 4) is 0 Å². The Morgan fingerprint density at radius 3 is 3.15 bits per heavy atom. The van der Waals surface area contributed by atoms with Crippen molar-refractivity contribution >= 4 is 27.7 Å². The minimum absolute atomic E-state index is 0.271. The topological polar surface area (TPSA) is 61.3 Å². The Morgan fingerprint density at radius 2 is 2.40 bits per heavy atom. The molecule has 1 fully saturated rings. The summed E-state index contributed by atoms with van der Waals surface area (Å²) in [5.41, 5.74) is 0. The predicted molar refractivity (Wildman–Crippen MR) is 85.2 cm³/mol. The minimum Gasteiger partial charge on any atom is -0.396 e. The van der Waals surface area contributed by atoms with Crippen LogP contribution in [0.4, 0.5) is 11.8 Å². The van der Waals surface area contributed by atoms with E-state index in [1.54, 1.807) is 0 Å². The van der Waals surface area contributed by atoms with E-state index in [1.807, 2.05) is 6.20 Å². The number of anilines is 2. The Bertz CT molecular complexity index is 428. The molecule has 1 unspecified atom stereocenters. The van der Waals surface area contributed by atoms with Gasteiger partial charge in [0.05, 0.1) is 4.47 Å². The fraction of sp³-hybridized carbons (Fsp3) is 0.714. The second-order valence-electron chi connectivity index (χ2n) is 5.26. The molecule has 2 N–H and O–H groups in total. The number of hydrogen-bond donors (Lipinski definition) is 2. The fourth-order valence-corrected chi connectivity index (χ4v) is 3.02. The van der Waals surface area contributed by atoms with Crippen molar-refractivity contribution in [3.05, 3.63) is 10.7 Å². The molecule has 1 saturated heterocycles. The van der Waals surface area contributed by atoms with E-state index in [0.29, 0.717) is 11.9 Å². The van der Waals surface area contributed by atoms with Crippen molar-refractivity contribution in [1.29, 1.82) is 0 Å². The molecule has 0 bridgehead atoms. The molecular weight excluding hydrogens is 320 g/mol. The zero-order valence-electron chi connectivity index (χ0n) is 12.0. The van der Waals surface area contributed by atoms with Crippen molar-refractivity contribution in [2.75, 3.05) is 36.5 Å². The Labute approximate surface area is 128 Å². The molecule has 0 radical (unpaired) electrons. The largest absolute Gasteiger partial charge is 0.396 e. The van der Waals surface area contributed by atoms with Crippen LogP contribution in [0.3, 0.4) is 0 Å². The number of aromatic nitrogens is 2. The van der Waals surface area contributed by atoms with Crippen LogP contribution in [-0.2, 0) is 0 Å². The molecule has 0 amide bonds. The monoisotopic (exact) mass is 342 g/mol. The summed E-state index contributed by atoms with van der Waals surface area (Å²) in [7, 11) is 0. The molecule has 1 aliphatic heterocycles. The van der Waals surface area contributed by atoms with Crippen LogP contribution in [0.2, 0.25) is 0 Å². The van der Waals surface area contributed by atoms with Crippen LogP contribution in [-0.4, -0.2) is 41.3 Å². The number of aliphatic hydroxyl groups excluding tert-OH is 1. The zero-order chi connectivity index (χ0) is 14.4. The van der Waals surface area contributed by atoms with Crippen molar-refractivity contribution in [2.45, 2.75) is 32.6 Å². The summed E-state index contributed by atoms with van der Waals surface area (Å²) in [5.74, 6) is 2.21. The summed E-state index contributed by atoms with van der Waals surface area (Å²) < 4.78 is 0.934. The molecule has 2 heterocycles. The van der Waals surface area contributed by atoms with Crippen LogP contribution in [0.1, 0.15) is 32.6 Å². The van der Waals surface area contributed by atoms with E-state index < -0.39 is 0 Å². The quantitative estimate of drug-likeness (QED) is 0.832. The summed E-state index contributed by atoms with van der Waals surface area (Å²) in [5, 5.41) is 12.3. The van der Waals surface area contributed by atoms with E-state index in [9.17, 15) is 0 Å². The van der Waals surface area contributed by atoms with E-state index in [4.69, 9.17) is 5.11 Å². The molecule has 2 rings (SSSR count). The van der Waals surface area contributed by atoms with E-state index in [1.165, 1.54) is 6.42 Å². The van der Waals surface area contributed by atoms with Gasteiger partial charge in [0.2, 0.25) is 5.95 Å². The molecule has 6 heteroatoms. The van der Waals surface area contributed by atoms with Gasteiger partial charge in [0.15, 0.2) is 0 Å². The highest BCUT2D eigenvalue weighted by Gasteiger charge is 2.22. The average molecular weight is 343 g/mol. The number of nitrogens with zero attached hydrogens (tertiary/aromatic N) is 3. The van der Waals surface area contributed by atoms with Gasteiger partial charge >= 0.3 is 0 Å². The van der Waals surface area contributed by atoms with E-state index >= 15 is 0 Å². The van der Waals surface area contributed by atoms with Crippen LogP contribution < -0.4 is 10.2 Å². The Morgan fingerprint density at radius 1 is 1.55 bits per heavy atom. The summed E-state index contributed by atoms with van der Waals surface area (Å²) in [6.07, 6.45) is 6.09. The molecule has 1 atom stereocenters. The lowest BCUT2D eigenvalue weighted by Crippen LogP contribution is -2.36. The average Bonchev–Trinajstić information content (AvgIpc) is 2.47. The third-order valence-corrected chi connectivity index (χ3v) is 4.17. The highest BCUT2D eigenvalue weighted by atomic mass is 79.9. The van der Waals surface area contributed by atoms with Gasteiger partial charge in [-0.1, -0.05) is 6.92 Å². The number of aliphatic hydroxyl groups is 1. The summed E-state index contributed by atoms with van der Waals surface area (Å²) in [4.78, 5) is 11.2. The van der Waals surface area contributed by atoms with Crippen LogP contribution >= 0.6 is 15.9 Å². The SMILES string of the molecule is CCCNc1ncc(Br)c(N2CCCC(CCO)C2)n1. The normalized spacial score (nSPS) is 19.1. The number of piperidine rings is 1. The van der Waals surface area contributed by atoms with Crippen molar-refractivity contribution < 1.29 is 5.11 Å². The van der Waals surface area contributed by atoms with Gasteiger partial charge in [-0.2, -0.15) is 4.98 Å². The number of hydrogen-bond acceptors (Lipinski definition) is 5. The van der Waals surface area contributed by atoms with Gasteiger partial charge in [0, 0.05) is 32.4 Å². The first-order chi connectivity index (χ1) is 9.74. The molecule has 112 valence electrons. The highest BCUT2D eigenvalue weighted by Crippen LogP contribution is 2.29. The van der Waals surface area contributed by atoms with E-state index in [2.05, 4.69) is 43.0 Å². The molecular formula is C14H23BrN4O. The second-order valence-corrected chi connectivity index (χ2v) is 6.11. The van der Waals surface area contributed by atoms with Crippen molar-refractivity contribution in [1.82, 2.24) is 9.97 Å². The Kier molecular flexibility index (Phi) is 6.04. The Balaban J connectivity index is 2.09. The maximum Gasteiger partial charge on any atom is 0.224 e. The van der Waals surface area contributed by atoms with Gasteiger partial charge in [0.25, 0.3) is 0 Å². The summed E-state index contributed by atoms with van der Waals surface area (Å²) >= 11 is 3.55. The molecule has 0 spiro atoms. The van der Waals surface area contributed by atoms with E-state index in [0.717, 1.165) is 49.2 Å². The lowest BCUT2D eigenvalue weighted by Gasteiger charge is -2.34. The predicted octanol–water partition coefficient (Wildman–Crippen LogP) is 2.66. The minimum atomic E-state index is 0.271. The van der Waals surface area contributed by atoms with Crippen molar-refractivity contribution in [3.63, 3.8) is 0 Å². The fourth-order valence-electron chi connectivity index (χ4n) is 2.58. The summed E-state index contributed by atoms with van der Waals surface area (Å²) in [6, 6.07) is 0. The molecule has 1 aromatic heterocycles. The summed E-state index contributed by atoms with van der Waals surface area (Å²) in [6.45, 7) is 5.26. The first-order valence-corrected chi connectivity index (χ1v) is 8.16. The molecule has 0 saturated carbocycles. The zero-order valence-corrected chi connectivity index (χ0v) is 13.6. The van der Waals surface area contributed by atoms with Gasteiger partial charge < -0.3 is 15.3 Å². The van der Waals surface area contributed by atoms with Gasteiger partial charge in [0.1, 0.15) is 5.82 Å². The van der Waals surface area contributed by atoms with E-state index in [-0.39, 0.29) is 6.61 Å². The lowest BCUT2D eigenvalue weighted by molar-refractivity contribution is 0.244. The van der Waals surface area contributed by atoms with Gasteiger partial charge in [-0.3, -0.25) is 0 Å². The first-order valence-electron chi connectivity index (χ1n) is 7.36. The van der Waals surface area contributed by atoms with Gasteiger partial charge in [-0.05, 0) is 47.5 Å². The second kappa shape index (κ2) is 7.78.